The zero-order valence-electron chi connectivity index (χ0n) is 13.9. The Morgan fingerprint density at radius 3 is 3.08 bits per heavy atom. The maximum absolute atomic E-state index is 14.1. The maximum atomic E-state index is 14.1. The van der Waals surface area contributed by atoms with Crippen molar-refractivity contribution in [3.05, 3.63) is 46.9 Å². The second-order valence-corrected chi connectivity index (χ2v) is 7.45. The molecule has 5 nitrogen and oxygen atoms in total. The van der Waals surface area contributed by atoms with Crippen LogP contribution in [0, 0.1) is 0 Å². The summed E-state index contributed by atoms with van der Waals surface area (Å²) in [7, 11) is 0. The third-order valence-corrected chi connectivity index (χ3v) is 5.68. The SMILES string of the molecule is N[C@@H]1CCCC(F)(F)C1NC(=O)c1cc(-c2cnc3ccccn23)cs1. The molecule has 0 saturated heterocycles. The Morgan fingerprint density at radius 1 is 1.42 bits per heavy atom. The minimum Gasteiger partial charge on any atom is -0.341 e. The number of nitrogens with one attached hydrogen (secondary N) is 1. The predicted octanol–water partition coefficient (Wildman–Crippen LogP) is 3.31. The van der Waals surface area contributed by atoms with Gasteiger partial charge in [-0.1, -0.05) is 6.07 Å². The van der Waals surface area contributed by atoms with Gasteiger partial charge in [-0.2, -0.15) is 0 Å². The topological polar surface area (TPSA) is 72.4 Å². The molecule has 4 rings (SSSR count). The fourth-order valence-corrected chi connectivity index (χ4v) is 4.17. The van der Waals surface area contributed by atoms with Crippen LogP contribution in [0.25, 0.3) is 16.9 Å². The minimum atomic E-state index is -2.98. The normalized spacial score (nSPS) is 22.4. The molecule has 0 spiro atoms. The molecule has 1 fully saturated rings. The van der Waals surface area contributed by atoms with E-state index in [1.807, 2.05) is 34.2 Å². The first-order chi connectivity index (χ1) is 12.5. The van der Waals surface area contributed by atoms with Crippen LogP contribution in [0.2, 0.25) is 0 Å². The standard InChI is InChI=1S/C18H18F2N4OS/c19-18(20)6-3-4-12(21)16(18)23-17(25)14-8-11(10-26-14)13-9-22-15-5-1-2-7-24(13)15/h1-2,5,7-10,12,16H,3-4,6,21H2,(H,23,25)/t12-,16?/m1/s1. The molecule has 0 radical (unpaired) electrons. The first-order valence-corrected chi connectivity index (χ1v) is 9.29. The lowest BCUT2D eigenvalue weighted by molar-refractivity contribution is -0.0674. The van der Waals surface area contributed by atoms with Crippen LogP contribution in [-0.4, -0.2) is 33.3 Å². The maximum Gasteiger partial charge on any atom is 0.269 e. The number of thiophene rings is 1. The Labute approximate surface area is 152 Å². The van der Waals surface area contributed by atoms with Crippen LogP contribution >= 0.6 is 11.3 Å². The third-order valence-electron chi connectivity index (χ3n) is 4.75. The molecule has 3 aromatic rings. The van der Waals surface area contributed by atoms with Crippen LogP contribution in [0.15, 0.2) is 42.0 Å². The molecule has 0 aromatic carbocycles. The molecule has 1 unspecified atom stereocenters. The summed E-state index contributed by atoms with van der Waals surface area (Å²) >= 11 is 1.22. The van der Waals surface area contributed by atoms with Crippen LogP contribution in [-0.2, 0) is 0 Å². The van der Waals surface area contributed by atoms with Crippen LogP contribution in [0.4, 0.5) is 8.78 Å². The number of pyridine rings is 1. The minimum absolute atomic E-state index is 0.247. The molecule has 0 aliphatic heterocycles. The third kappa shape index (κ3) is 2.99. The highest BCUT2D eigenvalue weighted by atomic mass is 32.1. The van der Waals surface area contributed by atoms with Gasteiger partial charge in [-0.3, -0.25) is 9.20 Å². The molecule has 2 atom stereocenters. The second kappa shape index (κ2) is 6.44. The number of hydrogen-bond donors (Lipinski definition) is 2. The van der Waals surface area contributed by atoms with E-state index in [2.05, 4.69) is 10.3 Å². The number of hydrogen-bond acceptors (Lipinski definition) is 4. The number of imidazole rings is 1. The molecule has 1 aliphatic rings. The van der Waals surface area contributed by atoms with Gasteiger partial charge < -0.3 is 11.1 Å². The van der Waals surface area contributed by atoms with Crippen molar-refractivity contribution in [1.82, 2.24) is 14.7 Å². The summed E-state index contributed by atoms with van der Waals surface area (Å²) in [6.07, 6.45) is 4.22. The average Bonchev–Trinajstić information content (AvgIpc) is 3.24. The van der Waals surface area contributed by atoms with Gasteiger partial charge in [0.25, 0.3) is 11.8 Å². The Hall–Kier alpha value is -2.32. The molecule has 1 saturated carbocycles. The van der Waals surface area contributed by atoms with E-state index in [-0.39, 0.29) is 6.42 Å². The molecule has 0 bridgehead atoms. The first-order valence-electron chi connectivity index (χ1n) is 8.41. The Bertz CT molecular complexity index is 951. The second-order valence-electron chi connectivity index (χ2n) is 6.54. The first kappa shape index (κ1) is 17.1. The van der Waals surface area contributed by atoms with Crippen LogP contribution in [0.5, 0.6) is 0 Å². The van der Waals surface area contributed by atoms with Gasteiger partial charge in [-0.25, -0.2) is 13.8 Å². The zero-order valence-corrected chi connectivity index (χ0v) is 14.7. The number of amides is 1. The number of halogens is 2. The van der Waals surface area contributed by atoms with E-state index in [1.54, 1.807) is 12.3 Å². The van der Waals surface area contributed by atoms with Crippen LogP contribution in [0.1, 0.15) is 28.9 Å². The number of nitrogens with two attached hydrogens (primary N) is 1. The van der Waals surface area contributed by atoms with Crippen molar-refractivity contribution in [1.29, 1.82) is 0 Å². The van der Waals surface area contributed by atoms with Crippen molar-refractivity contribution < 1.29 is 13.6 Å². The zero-order chi connectivity index (χ0) is 18.3. The molecule has 1 amide bonds. The summed E-state index contributed by atoms with van der Waals surface area (Å²) in [5.74, 6) is -3.49. The molecular weight excluding hydrogens is 358 g/mol. The van der Waals surface area contributed by atoms with E-state index >= 15 is 0 Å². The molecular formula is C18H18F2N4OS. The number of fused-ring (bicyclic) bond motifs is 1. The fraction of sp³-hybridized carbons (Fsp3) is 0.333. The molecule has 3 heterocycles. The lowest BCUT2D eigenvalue weighted by Crippen LogP contribution is -2.59. The molecule has 136 valence electrons. The van der Waals surface area contributed by atoms with Crippen molar-refractivity contribution in [2.75, 3.05) is 0 Å². The Kier molecular flexibility index (Phi) is 4.24. The van der Waals surface area contributed by atoms with Gasteiger partial charge >= 0.3 is 0 Å². The predicted molar refractivity (Wildman–Crippen MR) is 96.5 cm³/mol. The van der Waals surface area contributed by atoms with Gasteiger partial charge in [0.05, 0.1) is 16.8 Å². The molecule has 1 aliphatic carbocycles. The van der Waals surface area contributed by atoms with E-state index in [0.717, 1.165) is 16.9 Å². The molecule has 8 heteroatoms. The monoisotopic (exact) mass is 376 g/mol. The van der Waals surface area contributed by atoms with E-state index in [0.29, 0.717) is 17.7 Å². The van der Waals surface area contributed by atoms with Gasteiger partial charge in [-0.05, 0) is 31.0 Å². The summed E-state index contributed by atoms with van der Waals surface area (Å²) in [4.78, 5) is 17.2. The smallest absolute Gasteiger partial charge is 0.269 e. The van der Waals surface area contributed by atoms with Crippen LogP contribution < -0.4 is 11.1 Å². The van der Waals surface area contributed by atoms with Crippen molar-refractivity contribution in [2.24, 2.45) is 5.73 Å². The van der Waals surface area contributed by atoms with Gasteiger partial charge in [0, 0.05) is 29.6 Å². The van der Waals surface area contributed by atoms with Crippen molar-refractivity contribution in [3.63, 3.8) is 0 Å². The van der Waals surface area contributed by atoms with Gasteiger partial charge in [0.15, 0.2) is 0 Å². The molecule has 3 aromatic heterocycles. The quantitative estimate of drug-likeness (QED) is 0.737. The molecule has 26 heavy (non-hydrogen) atoms. The highest BCUT2D eigenvalue weighted by molar-refractivity contribution is 7.12. The highest BCUT2D eigenvalue weighted by Gasteiger charge is 2.46. The lowest BCUT2D eigenvalue weighted by Gasteiger charge is -2.36. The van der Waals surface area contributed by atoms with Crippen LogP contribution in [0.3, 0.4) is 0 Å². The Morgan fingerprint density at radius 2 is 2.27 bits per heavy atom. The van der Waals surface area contributed by atoms with Gasteiger partial charge in [0.1, 0.15) is 11.7 Å². The Balaban J connectivity index is 1.57. The van der Waals surface area contributed by atoms with E-state index in [4.69, 9.17) is 5.73 Å². The lowest BCUT2D eigenvalue weighted by atomic mass is 9.87. The molecule has 3 N–H and O–H groups in total. The van der Waals surface area contributed by atoms with Gasteiger partial charge in [0.2, 0.25) is 0 Å². The highest BCUT2D eigenvalue weighted by Crippen LogP contribution is 2.33. The van der Waals surface area contributed by atoms with Crippen molar-refractivity contribution >= 4 is 22.9 Å². The fourth-order valence-electron chi connectivity index (χ4n) is 3.37. The number of alkyl halides is 2. The van der Waals surface area contributed by atoms with Crippen molar-refractivity contribution in [3.8, 4) is 11.3 Å². The van der Waals surface area contributed by atoms with Gasteiger partial charge in [-0.15, -0.1) is 11.3 Å². The summed E-state index contributed by atoms with van der Waals surface area (Å²) in [6.45, 7) is 0. The van der Waals surface area contributed by atoms with E-state index in [1.165, 1.54) is 11.3 Å². The van der Waals surface area contributed by atoms with E-state index in [9.17, 15) is 13.6 Å². The summed E-state index contributed by atoms with van der Waals surface area (Å²) in [6, 6.07) is 5.31. The van der Waals surface area contributed by atoms with E-state index < -0.39 is 23.9 Å². The van der Waals surface area contributed by atoms with Crippen molar-refractivity contribution in [2.45, 2.75) is 37.3 Å². The largest absolute Gasteiger partial charge is 0.341 e. The number of carbonyl (C=O) groups excluding carboxylic acids is 1. The average molecular weight is 376 g/mol. The number of nitrogens with zero attached hydrogens (tertiary/aromatic N) is 2. The number of carbonyl (C=O) groups is 1. The summed E-state index contributed by atoms with van der Waals surface area (Å²) in [5, 5.41) is 4.27. The summed E-state index contributed by atoms with van der Waals surface area (Å²) in [5.41, 5.74) is 8.28. The summed E-state index contributed by atoms with van der Waals surface area (Å²) < 4.78 is 30.1. The number of rotatable bonds is 3. The number of aromatic nitrogens is 2.